The predicted molar refractivity (Wildman–Crippen MR) is 565 cm³/mol. The van der Waals surface area contributed by atoms with Crippen molar-refractivity contribution in [3.63, 3.8) is 0 Å². The molecule has 6 aromatic carbocycles. The standard InChI is InChI=1S/C123H201O3P/c1-43-46-49-52-55-58-61-64-67-88(4)121(97-76-70-91(109(7,8)9)82-103(97)115(25,26)27,98-77-71-92(110(10,11)12)83-104(98)116(28,29)30)124-127(125-122(89(5)68-65-62-59-56-53-50-47-44-2,99-78-72-93(111(13,14)15)84-105(99)117(31,32)33)100-79-73-94(112(16,17)18)85-106(100)118(34,35)36)126-123(90(6)69-66-63-60-57-54-51-48-45-3,101-80-74-95(113(19,20)21)86-107(101)119(37,38)39)102-81-75-96(114(22,23)24)87-108(102)120(40,41)42/h70-90H,43-69H2,1-42H3. The third-order valence-corrected chi connectivity index (χ3v) is 30.1. The second-order valence-electron chi connectivity index (χ2n) is 52.8. The molecule has 6 rings (SSSR count). The molecule has 3 unspecified atom stereocenters. The van der Waals surface area contributed by atoms with Crippen molar-refractivity contribution in [1.82, 2.24) is 0 Å². The van der Waals surface area contributed by atoms with Crippen LogP contribution < -0.4 is 0 Å². The molecule has 3 nitrogen and oxygen atoms in total. The topological polar surface area (TPSA) is 27.7 Å². The number of hydrogen-bond donors (Lipinski definition) is 0. The van der Waals surface area contributed by atoms with Crippen molar-refractivity contribution >= 4 is 8.60 Å². The van der Waals surface area contributed by atoms with Gasteiger partial charge < -0.3 is 0 Å². The molecular formula is C123H201O3P. The Bertz CT molecular complexity index is 3690. The summed E-state index contributed by atoms with van der Waals surface area (Å²) in [7, 11) is -2.73. The summed E-state index contributed by atoms with van der Waals surface area (Å²) in [4.78, 5) is 0. The number of benzene rings is 6. The normalized spacial score (nSPS) is 14.9. The molecule has 0 aliphatic rings. The van der Waals surface area contributed by atoms with E-state index in [-0.39, 0.29) is 82.7 Å². The Labute approximate surface area is 790 Å². The third-order valence-electron chi connectivity index (χ3n) is 28.8. The van der Waals surface area contributed by atoms with Gasteiger partial charge in [0, 0.05) is 0 Å². The van der Waals surface area contributed by atoms with E-state index in [1.165, 1.54) is 216 Å². The number of rotatable bonds is 42. The zero-order chi connectivity index (χ0) is 96.1. The summed E-state index contributed by atoms with van der Waals surface area (Å²) in [6.45, 7) is 103. The van der Waals surface area contributed by atoms with Gasteiger partial charge in [0.05, 0.1) is 0 Å². The molecule has 127 heavy (non-hydrogen) atoms. The van der Waals surface area contributed by atoms with Gasteiger partial charge in [-0.15, -0.1) is 0 Å². The van der Waals surface area contributed by atoms with Gasteiger partial charge in [-0.3, -0.25) is 13.6 Å². The summed E-state index contributed by atoms with van der Waals surface area (Å²) in [5, 5.41) is 0. The van der Waals surface area contributed by atoms with E-state index in [1.54, 1.807) is 0 Å². The van der Waals surface area contributed by atoms with Crippen molar-refractivity contribution in [3.05, 3.63) is 209 Å². The molecule has 3 atom stereocenters. The Morgan fingerprint density at radius 3 is 0.441 bits per heavy atom. The lowest BCUT2D eigenvalue weighted by molar-refractivity contribution is -0.0642. The first-order chi connectivity index (χ1) is 58.2. The lowest BCUT2D eigenvalue weighted by atomic mass is 9.65. The zero-order valence-corrected chi connectivity index (χ0v) is 92.3. The Morgan fingerprint density at radius 2 is 0.315 bits per heavy atom. The fourth-order valence-electron chi connectivity index (χ4n) is 20.1. The highest BCUT2D eigenvalue weighted by Gasteiger charge is 2.58. The molecule has 0 saturated heterocycles. The maximum atomic E-state index is 10.0. The van der Waals surface area contributed by atoms with Crippen molar-refractivity contribution in [2.45, 2.75) is 546 Å². The Balaban J connectivity index is 2.24. The lowest BCUT2D eigenvalue weighted by Crippen LogP contribution is -2.47. The first kappa shape index (κ1) is 111. The van der Waals surface area contributed by atoms with E-state index in [9.17, 15) is 13.6 Å². The van der Waals surface area contributed by atoms with Crippen molar-refractivity contribution in [2.75, 3.05) is 0 Å². The Hall–Kier alpha value is -4.37. The van der Waals surface area contributed by atoms with Crippen molar-refractivity contribution in [1.29, 1.82) is 0 Å². The maximum Gasteiger partial charge on any atom is 0.336 e. The van der Waals surface area contributed by atoms with E-state index in [2.05, 4.69) is 400 Å². The van der Waals surface area contributed by atoms with Crippen LogP contribution in [0.5, 0.6) is 0 Å². The number of unbranched alkanes of at least 4 members (excludes halogenated alkanes) is 21. The molecule has 0 aromatic heterocycles. The van der Waals surface area contributed by atoms with E-state index in [4.69, 9.17) is 0 Å². The summed E-state index contributed by atoms with van der Waals surface area (Å²) in [5.41, 5.74) is 16.2. The fraction of sp³-hybridized carbons (Fsp3) is 0.707. The molecule has 0 heterocycles. The lowest BCUT2D eigenvalue weighted by Gasteiger charge is -2.52. The van der Waals surface area contributed by atoms with Crippen LogP contribution in [-0.4, -0.2) is 0 Å². The minimum Gasteiger partial charge on any atom is -0.295 e. The second-order valence-corrected chi connectivity index (χ2v) is 53.8. The van der Waals surface area contributed by atoms with Gasteiger partial charge in [0.2, 0.25) is 0 Å². The van der Waals surface area contributed by atoms with Crippen LogP contribution in [0.3, 0.4) is 0 Å². The average Bonchev–Trinajstić information content (AvgIpc) is 0.711. The average molecular weight is 1760 g/mol. The van der Waals surface area contributed by atoms with Gasteiger partial charge in [-0.25, -0.2) is 0 Å². The minimum atomic E-state index is -2.73. The summed E-state index contributed by atoms with van der Waals surface area (Å²) in [5.74, 6) is -0.414. The first-order valence-electron chi connectivity index (χ1n) is 52.0. The van der Waals surface area contributed by atoms with E-state index in [0.717, 1.165) is 57.8 Å². The van der Waals surface area contributed by atoms with E-state index >= 15 is 0 Å². The molecular weight excluding hydrogens is 1560 g/mol. The van der Waals surface area contributed by atoms with Crippen molar-refractivity contribution in [2.24, 2.45) is 17.8 Å². The van der Waals surface area contributed by atoms with E-state index < -0.39 is 25.4 Å². The van der Waals surface area contributed by atoms with Crippen molar-refractivity contribution in [3.8, 4) is 0 Å². The molecule has 0 aliphatic heterocycles. The molecule has 4 heteroatoms. The quantitative estimate of drug-likeness (QED) is 0.0282. The smallest absolute Gasteiger partial charge is 0.295 e. The molecule has 0 radical (unpaired) electrons. The molecule has 6 aromatic rings. The molecule has 0 N–H and O–H groups in total. The van der Waals surface area contributed by atoms with Crippen LogP contribution in [-0.2, 0) is 95.4 Å². The van der Waals surface area contributed by atoms with E-state index in [1.807, 2.05) is 0 Å². The van der Waals surface area contributed by atoms with Crippen LogP contribution >= 0.6 is 8.60 Å². The highest BCUT2D eigenvalue weighted by molar-refractivity contribution is 7.41. The summed E-state index contributed by atoms with van der Waals surface area (Å²) < 4.78 is 30.1. The molecule has 0 amide bonds. The SMILES string of the molecule is CCCCCCCCCCC(C)C(OP(OC(c1ccc(C(C)(C)C)cc1C(C)(C)C)(c1ccc(C(C)(C)C)cc1C(C)(C)C)C(C)CCCCCCCCCC)OC(c1ccc(C(C)(C)C)cc1C(C)(C)C)(c1ccc(C(C)(C)C)cc1C(C)(C)C)C(C)CCCCCCCCCC)(c1ccc(C(C)(C)C)cc1C(C)(C)C)c1ccc(C(C)(C)C)cc1C(C)(C)C. The summed E-state index contributed by atoms with van der Waals surface area (Å²) in [6.07, 6.45) is 32.2. The summed E-state index contributed by atoms with van der Waals surface area (Å²) >= 11 is 0. The van der Waals surface area contributed by atoms with Crippen LogP contribution in [0, 0.1) is 17.8 Å². The summed E-state index contributed by atoms with van der Waals surface area (Å²) in [6, 6.07) is 46.4. The van der Waals surface area contributed by atoms with Gasteiger partial charge in [-0.2, -0.15) is 0 Å². The molecule has 0 bridgehead atoms. The van der Waals surface area contributed by atoms with Gasteiger partial charge in [0.25, 0.3) is 0 Å². The van der Waals surface area contributed by atoms with Gasteiger partial charge in [-0.05, 0) is 202 Å². The van der Waals surface area contributed by atoms with Crippen LogP contribution in [0.2, 0.25) is 0 Å². The van der Waals surface area contributed by atoms with Crippen LogP contribution in [0.15, 0.2) is 109 Å². The fourth-order valence-corrected chi connectivity index (χ4v) is 22.0. The van der Waals surface area contributed by atoms with Crippen molar-refractivity contribution < 1.29 is 13.6 Å². The predicted octanol–water partition coefficient (Wildman–Crippen LogP) is 39.2. The third kappa shape index (κ3) is 29.1. The van der Waals surface area contributed by atoms with Crippen LogP contribution in [0.25, 0.3) is 0 Å². The highest BCUT2D eigenvalue weighted by atomic mass is 31.2. The molecule has 0 spiro atoms. The first-order valence-corrected chi connectivity index (χ1v) is 53.1. The largest absolute Gasteiger partial charge is 0.336 e. The minimum absolute atomic E-state index is 0.138. The monoisotopic (exact) mass is 1760 g/mol. The Morgan fingerprint density at radius 1 is 0.181 bits per heavy atom. The number of hydrogen-bond acceptors (Lipinski definition) is 3. The molecule has 0 aliphatic carbocycles. The van der Waals surface area contributed by atoms with Gasteiger partial charge >= 0.3 is 8.60 Å². The Kier molecular flexibility index (Phi) is 38.9. The highest BCUT2D eigenvalue weighted by Crippen LogP contribution is 2.68. The van der Waals surface area contributed by atoms with Crippen LogP contribution in [0.1, 0.15) is 564 Å². The maximum absolute atomic E-state index is 10.0. The van der Waals surface area contributed by atoms with Gasteiger partial charge in [-0.1, -0.05) is 554 Å². The molecule has 0 saturated carbocycles. The van der Waals surface area contributed by atoms with Gasteiger partial charge in [0.15, 0.2) is 0 Å². The molecule has 716 valence electrons. The van der Waals surface area contributed by atoms with Gasteiger partial charge in [0.1, 0.15) is 16.8 Å². The van der Waals surface area contributed by atoms with E-state index in [0.29, 0.717) is 0 Å². The second kappa shape index (κ2) is 44.4. The molecule has 0 fully saturated rings. The zero-order valence-electron chi connectivity index (χ0n) is 91.4. The van der Waals surface area contributed by atoms with Crippen LogP contribution in [0.4, 0.5) is 0 Å².